The fourth-order valence-corrected chi connectivity index (χ4v) is 2.95. The van der Waals surface area contributed by atoms with Crippen molar-refractivity contribution in [2.24, 2.45) is 0 Å². The number of aromatic nitrogens is 1. The van der Waals surface area contributed by atoms with Crippen LogP contribution in [0.2, 0.25) is 0 Å². The van der Waals surface area contributed by atoms with E-state index in [0.717, 1.165) is 22.0 Å². The molecule has 3 aromatic carbocycles. The number of Topliss-reactive ketones (excluding diaryl/α,β-unsaturated/α-hetero) is 1. The van der Waals surface area contributed by atoms with E-state index in [1.807, 2.05) is 66.7 Å². The first-order valence-corrected chi connectivity index (χ1v) is 8.64. The van der Waals surface area contributed by atoms with E-state index in [4.69, 9.17) is 4.74 Å². The molecule has 0 spiro atoms. The molecule has 27 heavy (non-hydrogen) atoms. The van der Waals surface area contributed by atoms with Crippen LogP contribution in [-0.2, 0) is 4.74 Å². The van der Waals surface area contributed by atoms with Crippen molar-refractivity contribution in [3.8, 4) is 11.1 Å². The van der Waals surface area contributed by atoms with Crippen molar-refractivity contribution in [1.82, 2.24) is 4.98 Å². The monoisotopic (exact) mass is 355 g/mol. The standard InChI is InChI=1S/C23H17NO3/c25-22(18-12-10-17(11-13-18)16-6-2-1-3-7-16)15-27-23(26)21-14-19-8-4-5-9-20(19)24-21/h1-14,24H,15H2. The Kier molecular flexibility index (Phi) is 4.54. The van der Waals surface area contributed by atoms with Crippen LogP contribution in [0.5, 0.6) is 0 Å². The Morgan fingerprint density at radius 3 is 2.19 bits per heavy atom. The second kappa shape index (κ2) is 7.30. The van der Waals surface area contributed by atoms with E-state index < -0.39 is 5.97 Å². The predicted octanol–water partition coefficient (Wildman–Crippen LogP) is 4.87. The Hall–Kier alpha value is -3.66. The summed E-state index contributed by atoms with van der Waals surface area (Å²) < 4.78 is 5.17. The van der Waals surface area contributed by atoms with Crippen LogP contribution in [0.15, 0.2) is 84.9 Å². The molecule has 0 amide bonds. The van der Waals surface area contributed by atoms with Gasteiger partial charge in [-0.05, 0) is 23.3 Å². The summed E-state index contributed by atoms with van der Waals surface area (Å²) in [6, 6.07) is 26.5. The number of benzene rings is 3. The highest BCUT2D eigenvalue weighted by Gasteiger charge is 2.14. The van der Waals surface area contributed by atoms with Crippen molar-refractivity contribution >= 4 is 22.7 Å². The molecule has 4 heteroatoms. The fourth-order valence-electron chi connectivity index (χ4n) is 2.95. The van der Waals surface area contributed by atoms with Crippen LogP contribution in [0.1, 0.15) is 20.8 Å². The molecule has 0 saturated heterocycles. The number of hydrogen-bond donors (Lipinski definition) is 1. The summed E-state index contributed by atoms with van der Waals surface area (Å²) in [5, 5.41) is 0.923. The molecule has 0 aliphatic carbocycles. The highest BCUT2D eigenvalue weighted by molar-refractivity contribution is 6.00. The van der Waals surface area contributed by atoms with Gasteiger partial charge < -0.3 is 9.72 Å². The minimum atomic E-state index is -0.541. The second-order valence-corrected chi connectivity index (χ2v) is 6.21. The number of ketones is 1. The number of carbonyl (C=O) groups is 2. The molecule has 0 unspecified atom stereocenters. The van der Waals surface area contributed by atoms with Gasteiger partial charge in [0.2, 0.25) is 0 Å². The quantitative estimate of drug-likeness (QED) is 0.410. The van der Waals surface area contributed by atoms with Crippen LogP contribution in [0.25, 0.3) is 22.0 Å². The number of nitrogens with one attached hydrogen (secondary N) is 1. The van der Waals surface area contributed by atoms with Crippen LogP contribution in [-0.4, -0.2) is 23.3 Å². The van der Waals surface area contributed by atoms with Crippen molar-refractivity contribution in [2.45, 2.75) is 0 Å². The summed E-state index contributed by atoms with van der Waals surface area (Å²) in [6.45, 7) is -0.293. The zero-order valence-electron chi connectivity index (χ0n) is 14.5. The Morgan fingerprint density at radius 1 is 0.778 bits per heavy atom. The molecule has 4 aromatic rings. The Morgan fingerprint density at radius 2 is 1.44 bits per heavy atom. The van der Waals surface area contributed by atoms with Crippen LogP contribution < -0.4 is 0 Å². The third kappa shape index (κ3) is 3.65. The van der Waals surface area contributed by atoms with Crippen LogP contribution in [0.4, 0.5) is 0 Å². The number of fused-ring (bicyclic) bond motifs is 1. The van der Waals surface area contributed by atoms with Crippen molar-refractivity contribution in [1.29, 1.82) is 0 Å². The molecular formula is C23H17NO3. The third-order valence-electron chi connectivity index (χ3n) is 4.40. The molecular weight excluding hydrogens is 338 g/mol. The number of hydrogen-bond acceptors (Lipinski definition) is 3. The lowest BCUT2D eigenvalue weighted by atomic mass is 10.0. The lowest BCUT2D eigenvalue weighted by Gasteiger charge is -2.05. The topological polar surface area (TPSA) is 59.2 Å². The van der Waals surface area contributed by atoms with Crippen molar-refractivity contribution < 1.29 is 14.3 Å². The highest BCUT2D eigenvalue weighted by atomic mass is 16.5. The van der Waals surface area contributed by atoms with E-state index in [1.165, 1.54) is 0 Å². The van der Waals surface area contributed by atoms with Gasteiger partial charge >= 0.3 is 5.97 Å². The van der Waals surface area contributed by atoms with E-state index in [2.05, 4.69) is 4.98 Å². The van der Waals surface area contributed by atoms with E-state index in [-0.39, 0.29) is 12.4 Å². The first-order valence-electron chi connectivity index (χ1n) is 8.64. The van der Waals surface area contributed by atoms with Crippen molar-refractivity contribution in [2.75, 3.05) is 6.61 Å². The molecule has 1 aromatic heterocycles. The lowest BCUT2D eigenvalue weighted by molar-refractivity contribution is 0.0470. The van der Waals surface area contributed by atoms with Gasteiger partial charge in [-0.2, -0.15) is 0 Å². The van der Waals surface area contributed by atoms with E-state index in [0.29, 0.717) is 11.3 Å². The molecule has 0 atom stereocenters. The Labute approximate surface area is 156 Å². The minimum absolute atomic E-state index is 0.237. The number of para-hydroxylation sites is 1. The first-order chi connectivity index (χ1) is 13.2. The number of aromatic amines is 1. The van der Waals surface area contributed by atoms with Gasteiger partial charge in [-0.1, -0.05) is 72.8 Å². The summed E-state index contributed by atoms with van der Waals surface area (Å²) >= 11 is 0. The smallest absolute Gasteiger partial charge is 0.355 e. The molecule has 4 rings (SSSR count). The minimum Gasteiger partial charge on any atom is -0.453 e. The van der Waals surface area contributed by atoms with Crippen LogP contribution in [0.3, 0.4) is 0 Å². The van der Waals surface area contributed by atoms with E-state index in [1.54, 1.807) is 18.2 Å². The Bertz CT molecular complexity index is 1060. The van der Waals surface area contributed by atoms with Crippen LogP contribution in [0, 0.1) is 0 Å². The number of carbonyl (C=O) groups excluding carboxylic acids is 2. The van der Waals surface area contributed by atoms with Gasteiger partial charge in [-0.3, -0.25) is 4.79 Å². The van der Waals surface area contributed by atoms with Crippen molar-refractivity contribution in [3.05, 3.63) is 96.2 Å². The van der Waals surface area contributed by atoms with Crippen LogP contribution >= 0.6 is 0 Å². The van der Waals surface area contributed by atoms with Gasteiger partial charge in [0.05, 0.1) is 0 Å². The summed E-state index contributed by atoms with van der Waals surface area (Å²) in [6.07, 6.45) is 0. The molecule has 132 valence electrons. The zero-order chi connectivity index (χ0) is 18.6. The van der Waals surface area contributed by atoms with Gasteiger partial charge in [-0.25, -0.2) is 4.79 Å². The van der Waals surface area contributed by atoms with E-state index >= 15 is 0 Å². The Balaban J connectivity index is 1.41. The van der Waals surface area contributed by atoms with Gasteiger partial charge in [0, 0.05) is 16.5 Å². The highest BCUT2D eigenvalue weighted by Crippen LogP contribution is 2.20. The maximum absolute atomic E-state index is 12.3. The summed E-state index contributed by atoms with van der Waals surface area (Å²) in [4.78, 5) is 27.5. The first kappa shape index (κ1) is 16.8. The average molecular weight is 355 g/mol. The second-order valence-electron chi connectivity index (χ2n) is 6.21. The molecule has 0 bridgehead atoms. The van der Waals surface area contributed by atoms with Gasteiger partial charge in [-0.15, -0.1) is 0 Å². The van der Waals surface area contributed by atoms with Gasteiger partial charge in [0.25, 0.3) is 0 Å². The molecule has 0 radical (unpaired) electrons. The summed E-state index contributed by atoms with van der Waals surface area (Å²) in [7, 11) is 0. The zero-order valence-corrected chi connectivity index (χ0v) is 14.5. The maximum atomic E-state index is 12.3. The van der Waals surface area contributed by atoms with Gasteiger partial charge in [0.1, 0.15) is 5.69 Å². The number of ether oxygens (including phenoxy) is 1. The number of esters is 1. The fraction of sp³-hybridized carbons (Fsp3) is 0.0435. The molecule has 0 aliphatic rings. The number of rotatable bonds is 5. The normalized spacial score (nSPS) is 10.7. The summed E-state index contributed by atoms with van der Waals surface area (Å²) in [5.41, 5.74) is 3.82. The predicted molar refractivity (Wildman–Crippen MR) is 105 cm³/mol. The summed E-state index contributed by atoms with van der Waals surface area (Å²) in [5.74, 6) is -0.778. The lowest BCUT2D eigenvalue weighted by Crippen LogP contribution is -2.14. The molecule has 0 aliphatic heterocycles. The molecule has 0 fully saturated rings. The molecule has 4 nitrogen and oxygen atoms in total. The molecule has 0 saturated carbocycles. The third-order valence-corrected chi connectivity index (χ3v) is 4.40. The SMILES string of the molecule is O=C(COC(=O)c1cc2ccccc2[nH]1)c1ccc(-c2ccccc2)cc1. The van der Waals surface area contributed by atoms with Crippen molar-refractivity contribution in [3.63, 3.8) is 0 Å². The number of H-pyrrole nitrogens is 1. The van der Waals surface area contributed by atoms with E-state index in [9.17, 15) is 9.59 Å². The van der Waals surface area contributed by atoms with Gasteiger partial charge in [0.15, 0.2) is 12.4 Å². The maximum Gasteiger partial charge on any atom is 0.355 e. The largest absolute Gasteiger partial charge is 0.453 e. The average Bonchev–Trinajstić information content (AvgIpc) is 3.17. The molecule has 1 heterocycles. The molecule has 1 N–H and O–H groups in total.